The summed E-state index contributed by atoms with van der Waals surface area (Å²) in [5, 5.41) is 14.0. The Kier molecular flexibility index (Phi) is 11.4. The minimum atomic E-state index is 0.245. The molecule has 0 saturated heterocycles. The lowest BCUT2D eigenvalue weighted by atomic mass is 9.78. The largest absolute Gasteiger partial charge is 0.283 e. The van der Waals surface area contributed by atoms with E-state index in [1.165, 1.54) is 55.6 Å². The molecule has 0 unspecified atom stereocenters. The van der Waals surface area contributed by atoms with Crippen LogP contribution in [0.3, 0.4) is 0 Å². The van der Waals surface area contributed by atoms with Crippen LogP contribution in [0, 0.1) is 53.9 Å². The van der Waals surface area contributed by atoms with Crippen LogP contribution in [0.5, 0.6) is 0 Å². The molecule has 0 fully saturated rings. The molecule has 3 nitrogen and oxygen atoms in total. The number of nitrogens with one attached hydrogen (secondary N) is 2. The normalized spacial score (nSPS) is 12.8. The van der Waals surface area contributed by atoms with Crippen molar-refractivity contribution in [1.29, 1.82) is 5.41 Å². The van der Waals surface area contributed by atoms with Gasteiger partial charge in [0.15, 0.2) is 0 Å². The summed E-state index contributed by atoms with van der Waals surface area (Å²) in [6.45, 7) is 15.8. The highest BCUT2D eigenvalue weighted by Gasteiger charge is 2.26. The second kappa shape index (κ2) is 16.6. The fourth-order valence-electron chi connectivity index (χ4n) is 8.46. The summed E-state index contributed by atoms with van der Waals surface area (Å²) in [6, 6.07) is 37.6. The lowest BCUT2D eigenvalue weighted by Gasteiger charge is -2.27. The Labute approximate surface area is 338 Å². The molecular weight excluding hydrogens is 699 g/mol. The average molecular weight is 750 g/mol. The van der Waals surface area contributed by atoms with E-state index in [2.05, 4.69) is 151 Å². The monoisotopic (exact) mass is 749 g/mol. The molecular formula is C52H51N3S. The van der Waals surface area contributed by atoms with Gasteiger partial charge in [0.05, 0.1) is 5.71 Å². The smallest absolute Gasteiger partial charge is 0.145 e. The van der Waals surface area contributed by atoms with E-state index in [0.717, 1.165) is 68.0 Å². The molecule has 0 aliphatic heterocycles. The van der Waals surface area contributed by atoms with E-state index in [4.69, 9.17) is 23.1 Å². The minimum absolute atomic E-state index is 0.245. The molecule has 7 rings (SSSR count). The molecule has 0 radical (unpaired) electrons. The van der Waals surface area contributed by atoms with Crippen molar-refractivity contribution in [2.75, 3.05) is 0 Å². The van der Waals surface area contributed by atoms with E-state index < -0.39 is 0 Å². The molecule has 56 heavy (non-hydrogen) atoms. The Morgan fingerprint density at radius 1 is 0.625 bits per heavy atom. The first-order valence-electron chi connectivity index (χ1n) is 19.6. The summed E-state index contributed by atoms with van der Waals surface area (Å²) < 4.78 is 0. The molecule has 2 N–H and O–H groups in total. The van der Waals surface area contributed by atoms with Gasteiger partial charge in [0.25, 0.3) is 0 Å². The zero-order chi connectivity index (χ0) is 39.5. The maximum absolute atomic E-state index is 8.95. The molecule has 1 aliphatic carbocycles. The van der Waals surface area contributed by atoms with Crippen molar-refractivity contribution in [1.82, 2.24) is 5.43 Å². The molecule has 280 valence electrons. The number of benzene rings is 6. The summed E-state index contributed by atoms with van der Waals surface area (Å²) in [4.78, 5) is 0.912. The van der Waals surface area contributed by atoms with Crippen LogP contribution in [0.25, 0.3) is 39.0 Å². The Morgan fingerprint density at radius 2 is 1.21 bits per heavy atom. The summed E-state index contributed by atoms with van der Waals surface area (Å²) in [7, 11) is 0. The Morgan fingerprint density at radius 3 is 1.86 bits per heavy atom. The summed E-state index contributed by atoms with van der Waals surface area (Å²) in [5.41, 5.74) is 25.8. The Hall–Kier alpha value is -5.71. The van der Waals surface area contributed by atoms with Gasteiger partial charge in [-0.2, -0.15) is 5.10 Å². The van der Waals surface area contributed by atoms with E-state index in [1.807, 2.05) is 30.3 Å². The van der Waals surface area contributed by atoms with Crippen LogP contribution in [0.2, 0.25) is 0 Å². The molecule has 0 atom stereocenters. The van der Waals surface area contributed by atoms with Crippen molar-refractivity contribution in [3.8, 4) is 33.4 Å². The van der Waals surface area contributed by atoms with Gasteiger partial charge in [-0.05, 0) is 156 Å². The molecule has 0 spiro atoms. The van der Waals surface area contributed by atoms with Crippen LogP contribution in [0.1, 0.15) is 74.0 Å². The third kappa shape index (κ3) is 7.46. The number of nitrogens with zero attached hydrogens (tertiary/aromatic N) is 1. The van der Waals surface area contributed by atoms with E-state index in [0.29, 0.717) is 6.42 Å². The maximum Gasteiger partial charge on any atom is 0.145 e. The number of amidine groups is 1. The molecule has 6 aromatic carbocycles. The fraction of sp³-hybridized carbons (Fsp3) is 0.192. The molecule has 6 aromatic rings. The second-order valence-electron chi connectivity index (χ2n) is 15.1. The summed E-state index contributed by atoms with van der Waals surface area (Å²) in [5.74, 6) is 0.245. The topological polar surface area (TPSA) is 48.2 Å². The van der Waals surface area contributed by atoms with Gasteiger partial charge in [0.2, 0.25) is 0 Å². The quantitative estimate of drug-likeness (QED) is 0.0586. The molecule has 0 aromatic heterocycles. The van der Waals surface area contributed by atoms with E-state index in [1.54, 1.807) is 0 Å². The van der Waals surface area contributed by atoms with Crippen molar-refractivity contribution in [2.24, 2.45) is 5.10 Å². The number of rotatable bonds is 9. The third-order valence-electron chi connectivity index (χ3n) is 11.8. The number of thiol groups is 1. The van der Waals surface area contributed by atoms with Crippen LogP contribution in [-0.2, 0) is 6.42 Å². The van der Waals surface area contributed by atoms with Gasteiger partial charge < -0.3 is 0 Å². The SMILES string of the molecule is Cc1c(C)c(C2=CC=CCC2)c(C)c(-c2c(C)c(C)c(/C(Cc3ccc(-c4ccccc4)cc3-c3ccccc3)=N/NC(=N)c3ccccc3)c(S)c2C)c1C. The maximum atomic E-state index is 8.95. The predicted octanol–water partition coefficient (Wildman–Crippen LogP) is 13.4. The molecule has 0 bridgehead atoms. The standard InChI is InChI=1S/C52H51N3S/c1-32-33(2)47(41-24-16-10-17-25-41)37(6)48(34(32)3)49-35(4)36(5)50(51(56)38(49)7)46(54-55-52(53)42-26-18-11-19-27-42)31-44-29-28-43(39-20-12-8-13-21-39)30-45(44)40-22-14-9-15-23-40/h8-16,18-24,26-30,56H,17,25,31H2,1-7H3,(H2,53,55)/b54-46+. The van der Waals surface area contributed by atoms with Gasteiger partial charge in [0.1, 0.15) is 5.84 Å². The highest BCUT2D eigenvalue weighted by molar-refractivity contribution is 7.80. The van der Waals surface area contributed by atoms with Gasteiger partial charge in [0, 0.05) is 22.4 Å². The van der Waals surface area contributed by atoms with Gasteiger partial charge in [-0.15, -0.1) is 12.6 Å². The van der Waals surface area contributed by atoms with Crippen molar-refractivity contribution < 1.29 is 0 Å². The Bertz CT molecular complexity index is 2510. The van der Waals surface area contributed by atoms with Crippen LogP contribution >= 0.6 is 12.6 Å². The summed E-state index contributed by atoms with van der Waals surface area (Å²) >= 11 is 5.39. The summed E-state index contributed by atoms with van der Waals surface area (Å²) in [6.07, 6.45) is 9.42. The first-order valence-corrected chi connectivity index (χ1v) is 20.0. The van der Waals surface area contributed by atoms with Crippen molar-refractivity contribution >= 4 is 29.7 Å². The number of hydrazone groups is 1. The Balaban J connectivity index is 1.41. The third-order valence-corrected chi connectivity index (χ3v) is 12.4. The highest BCUT2D eigenvalue weighted by atomic mass is 32.1. The number of hydrogen-bond acceptors (Lipinski definition) is 3. The average Bonchev–Trinajstić information content (AvgIpc) is 3.23. The van der Waals surface area contributed by atoms with E-state index >= 15 is 0 Å². The van der Waals surface area contributed by atoms with Gasteiger partial charge in [-0.25, -0.2) is 0 Å². The zero-order valence-electron chi connectivity index (χ0n) is 33.6. The van der Waals surface area contributed by atoms with Crippen LogP contribution in [-0.4, -0.2) is 11.5 Å². The minimum Gasteiger partial charge on any atom is -0.283 e. The molecule has 4 heteroatoms. The fourth-order valence-corrected chi connectivity index (χ4v) is 8.87. The van der Waals surface area contributed by atoms with Crippen molar-refractivity contribution in [2.45, 2.75) is 72.6 Å². The van der Waals surface area contributed by atoms with Crippen molar-refractivity contribution in [3.63, 3.8) is 0 Å². The van der Waals surface area contributed by atoms with Crippen LogP contribution < -0.4 is 5.43 Å². The van der Waals surface area contributed by atoms with Gasteiger partial charge >= 0.3 is 0 Å². The van der Waals surface area contributed by atoms with Gasteiger partial charge in [-0.3, -0.25) is 10.8 Å². The lowest BCUT2D eigenvalue weighted by molar-refractivity contribution is 0.993. The lowest BCUT2D eigenvalue weighted by Crippen LogP contribution is -2.22. The van der Waals surface area contributed by atoms with E-state index in [9.17, 15) is 0 Å². The van der Waals surface area contributed by atoms with Gasteiger partial charge in [-0.1, -0.05) is 121 Å². The van der Waals surface area contributed by atoms with E-state index in [-0.39, 0.29) is 5.84 Å². The molecule has 1 aliphatic rings. The second-order valence-corrected chi connectivity index (χ2v) is 15.5. The molecule has 0 amide bonds. The zero-order valence-corrected chi connectivity index (χ0v) is 34.5. The van der Waals surface area contributed by atoms with Crippen LogP contribution in [0.15, 0.2) is 137 Å². The first-order chi connectivity index (χ1) is 27.1. The number of hydrogen-bond donors (Lipinski definition) is 3. The first kappa shape index (κ1) is 38.6. The predicted molar refractivity (Wildman–Crippen MR) is 243 cm³/mol. The number of allylic oxidation sites excluding steroid dienone is 4. The molecule has 0 heterocycles. The van der Waals surface area contributed by atoms with Crippen molar-refractivity contribution in [3.05, 3.63) is 189 Å². The molecule has 0 saturated carbocycles. The van der Waals surface area contributed by atoms with Crippen LogP contribution in [0.4, 0.5) is 0 Å². The highest BCUT2D eigenvalue weighted by Crippen LogP contribution is 2.45.